The second kappa shape index (κ2) is 8.87. The zero-order valence-corrected chi connectivity index (χ0v) is 10.1. The number of ketones is 2. The molecule has 0 aliphatic carbocycles. The first-order valence-electron chi connectivity index (χ1n) is 5.89. The molecule has 0 saturated carbocycles. The van der Waals surface area contributed by atoms with Gasteiger partial charge < -0.3 is 10.2 Å². The van der Waals surface area contributed by atoms with Crippen molar-refractivity contribution in [1.82, 2.24) is 0 Å². The van der Waals surface area contributed by atoms with Gasteiger partial charge in [0.25, 0.3) is 0 Å². The highest BCUT2D eigenvalue weighted by Crippen LogP contribution is 2.07. The Morgan fingerprint density at radius 1 is 0.941 bits per heavy atom. The first-order chi connectivity index (χ1) is 7.93. The summed E-state index contributed by atoms with van der Waals surface area (Å²) in [5, 5.41) is 17.3. The summed E-state index contributed by atoms with van der Waals surface area (Å²) in [6, 6.07) is 0. The molecule has 0 saturated heterocycles. The monoisotopic (exact) mass is 244 g/mol. The standard InChI is InChI=1S/C12H20O5/c1-9(13)5-3-2-4-6-10(14)11(15)7-8-12(16)17/h9,13H,2-8H2,1H3,(H,16,17)/t9-/m0/s1. The zero-order valence-electron chi connectivity index (χ0n) is 10.1. The van der Waals surface area contributed by atoms with Crippen LogP contribution in [0.3, 0.4) is 0 Å². The number of hydrogen-bond donors (Lipinski definition) is 2. The fourth-order valence-electron chi connectivity index (χ4n) is 1.40. The van der Waals surface area contributed by atoms with Crippen LogP contribution in [-0.4, -0.2) is 33.9 Å². The SMILES string of the molecule is C[C@H](O)CCCCCC(=O)C(=O)CCC(=O)O. The van der Waals surface area contributed by atoms with Gasteiger partial charge in [-0.15, -0.1) is 0 Å². The van der Waals surface area contributed by atoms with E-state index in [0.29, 0.717) is 12.8 Å². The number of carbonyl (C=O) groups excluding carboxylic acids is 2. The van der Waals surface area contributed by atoms with Gasteiger partial charge in [-0.2, -0.15) is 0 Å². The molecule has 5 nitrogen and oxygen atoms in total. The molecule has 0 fully saturated rings. The van der Waals surface area contributed by atoms with E-state index in [1.807, 2.05) is 0 Å². The number of aliphatic hydroxyl groups excluding tert-OH is 1. The Kier molecular flexibility index (Phi) is 8.23. The lowest BCUT2D eigenvalue weighted by molar-refractivity contribution is -0.140. The average molecular weight is 244 g/mol. The Morgan fingerprint density at radius 2 is 1.53 bits per heavy atom. The molecule has 0 amide bonds. The third-order valence-electron chi connectivity index (χ3n) is 2.40. The van der Waals surface area contributed by atoms with Gasteiger partial charge in [-0.25, -0.2) is 0 Å². The van der Waals surface area contributed by atoms with E-state index in [9.17, 15) is 14.4 Å². The smallest absolute Gasteiger partial charge is 0.303 e. The van der Waals surface area contributed by atoms with Crippen LogP contribution in [0.4, 0.5) is 0 Å². The van der Waals surface area contributed by atoms with Crippen LogP contribution in [0.5, 0.6) is 0 Å². The number of aliphatic carboxylic acids is 1. The molecule has 0 aromatic carbocycles. The molecule has 0 aromatic rings. The van der Waals surface area contributed by atoms with Crippen LogP contribution in [-0.2, 0) is 14.4 Å². The minimum absolute atomic E-state index is 0.179. The van der Waals surface area contributed by atoms with Gasteiger partial charge in [0, 0.05) is 12.8 Å². The molecule has 0 heterocycles. The Hall–Kier alpha value is -1.23. The quantitative estimate of drug-likeness (QED) is 0.446. The van der Waals surface area contributed by atoms with Crippen molar-refractivity contribution in [2.75, 3.05) is 0 Å². The van der Waals surface area contributed by atoms with Gasteiger partial charge in [-0.05, 0) is 19.8 Å². The fraction of sp³-hybridized carbons (Fsp3) is 0.750. The highest BCUT2D eigenvalue weighted by molar-refractivity contribution is 6.37. The second-order valence-corrected chi connectivity index (χ2v) is 4.19. The van der Waals surface area contributed by atoms with E-state index in [2.05, 4.69) is 0 Å². The summed E-state index contributed by atoms with van der Waals surface area (Å²) in [6.45, 7) is 1.71. The van der Waals surface area contributed by atoms with Gasteiger partial charge in [0.1, 0.15) is 0 Å². The van der Waals surface area contributed by atoms with Crippen molar-refractivity contribution in [3.8, 4) is 0 Å². The molecular weight excluding hydrogens is 224 g/mol. The van der Waals surface area contributed by atoms with Crippen molar-refractivity contribution >= 4 is 17.5 Å². The van der Waals surface area contributed by atoms with Gasteiger partial charge in [0.15, 0.2) is 11.6 Å². The van der Waals surface area contributed by atoms with Gasteiger partial charge in [-0.1, -0.05) is 12.8 Å². The van der Waals surface area contributed by atoms with Crippen LogP contribution >= 0.6 is 0 Å². The Bertz CT molecular complexity index is 270. The molecule has 2 N–H and O–H groups in total. The van der Waals surface area contributed by atoms with Crippen molar-refractivity contribution in [3.63, 3.8) is 0 Å². The average Bonchev–Trinajstić information content (AvgIpc) is 2.24. The molecule has 0 bridgehead atoms. The number of rotatable bonds is 10. The Morgan fingerprint density at radius 3 is 2.06 bits per heavy atom. The molecule has 0 aromatic heterocycles. The van der Waals surface area contributed by atoms with Crippen molar-refractivity contribution in [2.45, 2.75) is 58.0 Å². The molecule has 0 radical (unpaired) electrons. The van der Waals surface area contributed by atoms with E-state index in [0.717, 1.165) is 12.8 Å². The molecule has 0 rings (SSSR count). The maximum absolute atomic E-state index is 11.3. The topological polar surface area (TPSA) is 91.7 Å². The van der Waals surface area contributed by atoms with E-state index in [-0.39, 0.29) is 25.4 Å². The molecule has 5 heteroatoms. The Labute approximate surface area is 101 Å². The van der Waals surface area contributed by atoms with Crippen molar-refractivity contribution < 1.29 is 24.6 Å². The van der Waals surface area contributed by atoms with Crippen molar-refractivity contribution in [1.29, 1.82) is 0 Å². The maximum Gasteiger partial charge on any atom is 0.303 e. The summed E-state index contributed by atoms with van der Waals surface area (Å²) in [7, 11) is 0. The number of carboxylic acid groups (broad SMARTS) is 1. The molecule has 1 atom stereocenters. The molecule has 0 spiro atoms. The van der Waals surface area contributed by atoms with Crippen LogP contribution in [0.15, 0.2) is 0 Å². The lowest BCUT2D eigenvalue weighted by Gasteiger charge is -2.03. The number of carbonyl (C=O) groups is 3. The van der Waals surface area contributed by atoms with E-state index in [1.165, 1.54) is 0 Å². The minimum atomic E-state index is -1.07. The maximum atomic E-state index is 11.3. The van der Waals surface area contributed by atoms with Crippen molar-refractivity contribution in [2.24, 2.45) is 0 Å². The highest BCUT2D eigenvalue weighted by atomic mass is 16.4. The largest absolute Gasteiger partial charge is 0.481 e. The van der Waals surface area contributed by atoms with E-state index >= 15 is 0 Å². The summed E-state index contributed by atoms with van der Waals surface area (Å²) in [4.78, 5) is 32.6. The summed E-state index contributed by atoms with van der Waals surface area (Å²) in [5.74, 6) is -2.14. The molecule has 0 aliphatic rings. The molecule has 0 aliphatic heterocycles. The van der Waals surface area contributed by atoms with Crippen LogP contribution in [0.2, 0.25) is 0 Å². The van der Waals surface area contributed by atoms with E-state index < -0.39 is 17.5 Å². The van der Waals surface area contributed by atoms with Crippen LogP contribution < -0.4 is 0 Å². The number of Topliss-reactive ketones (excluding diaryl/α,β-unsaturated/α-hetero) is 2. The number of unbranched alkanes of at least 4 members (excludes halogenated alkanes) is 2. The highest BCUT2D eigenvalue weighted by Gasteiger charge is 2.14. The lowest BCUT2D eigenvalue weighted by Crippen LogP contribution is -2.14. The molecule has 0 unspecified atom stereocenters. The number of aliphatic hydroxyl groups is 1. The molecule has 17 heavy (non-hydrogen) atoms. The normalized spacial score (nSPS) is 12.1. The van der Waals surface area contributed by atoms with Crippen LogP contribution in [0, 0.1) is 0 Å². The molecule has 98 valence electrons. The zero-order chi connectivity index (χ0) is 13.3. The predicted octanol–water partition coefficient (Wildman–Crippen LogP) is 1.32. The summed E-state index contributed by atoms with van der Waals surface area (Å²) in [6.07, 6.45) is 2.29. The summed E-state index contributed by atoms with van der Waals surface area (Å²) < 4.78 is 0. The first-order valence-corrected chi connectivity index (χ1v) is 5.89. The van der Waals surface area contributed by atoms with Gasteiger partial charge >= 0.3 is 5.97 Å². The third kappa shape index (κ3) is 9.68. The second-order valence-electron chi connectivity index (χ2n) is 4.19. The number of carboxylic acids is 1. The third-order valence-corrected chi connectivity index (χ3v) is 2.40. The van der Waals surface area contributed by atoms with Gasteiger partial charge in [0.05, 0.1) is 12.5 Å². The molecular formula is C12H20O5. The summed E-state index contributed by atoms with van der Waals surface area (Å²) >= 11 is 0. The minimum Gasteiger partial charge on any atom is -0.481 e. The van der Waals surface area contributed by atoms with Crippen molar-refractivity contribution in [3.05, 3.63) is 0 Å². The van der Waals surface area contributed by atoms with Gasteiger partial charge in [-0.3, -0.25) is 14.4 Å². The van der Waals surface area contributed by atoms with Gasteiger partial charge in [0.2, 0.25) is 0 Å². The summed E-state index contributed by atoms with van der Waals surface area (Å²) in [5.41, 5.74) is 0. The van der Waals surface area contributed by atoms with Crippen LogP contribution in [0.25, 0.3) is 0 Å². The predicted molar refractivity (Wildman–Crippen MR) is 61.6 cm³/mol. The lowest BCUT2D eigenvalue weighted by atomic mass is 10.0. The Balaban J connectivity index is 3.57. The number of hydrogen-bond acceptors (Lipinski definition) is 4. The fourth-order valence-corrected chi connectivity index (χ4v) is 1.40. The van der Waals surface area contributed by atoms with E-state index in [1.54, 1.807) is 6.92 Å². The first kappa shape index (κ1) is 15.8. The van der Waals surface area contributed by atoms with E-state index in [4.69, 9.17) is 10.2 Å². The van der Waals surface area contributed by atoms with Crippen LogP contribution in [0.1, 0.15) is 51.9 Å².